The van der Waals surface area contributed by atoms with Crippen LogP contribution in [0.2, 0.25) is 0 Å². The molecule has 1 heterocycles. The quantitative estimate of drug-likeness (QED) is 0.869. The minimum absolute atomic E-state index is 0.267. The van der Waals surface area contributed by atoms with Gasteiger partial charge in [-0.05, 0) is 25.1 Å². The van der Waals surface area contributed by atoms with Crippen LogP contribution in [-0.4, -0.2) is 12.0 Å². The highest BCUT2D eigenvalue weighted by atomic mass is 32.1. The van der Waals surface area contributed by atoms with E-state index in [2.05, 4.69) is 10.3 Å². The number of nitrogens with zero attached hydrogens (tertiary/aromatic N) is 1. The lowest BCUT2D eigenvalue weighted by atomic mass is 10.0. The highest BCUT2D eigenvalue weighted by Crippen LogP contribution is 2.35. The van der Waals surface area contributed by atoms with E-state index in [0.717, 1.165) is 0 Å². The van der Waals surface area contributed by atoms with E-state index in [9.17, 15) is 17.6 Å². The molecule has 1 aromatic carbocycles. The van der Waals surface area contributed by atoms with Crippen molar-refractivity contribution >= 4 is 11.3 Å². The predicted molar refractivity (Wildman–Crippen MR) is 69.0 cm³/mol. The van der Waals surface area contributed by atoms with Gasteiger partial charge in [-0.25, -0.2) is 9.37 Å². The van der Waals surface area contributed by atoms with Gasteiger partial charge < -0.3 is 5.32 Å². The Hall–Kier alpha value is -1.47. The average Bonchev–Trinajstić information content (AvgIpc) is 2.87. The summed E-state index contributed by atoms with van der Waals surface area (Å²) in [5.74, 6) is -0.367. The van der Waals surface area contributed by atoms with Crippen LogP contribution in [0.5, 0.6) is 0 Å². The zero-order chi connectivity index (χ0) is 14.8. The molecule has 0 aliphatic carbocycles. The van der Waals surface area contributed by atoms with Crippen molar-refractivity contribution in [3.8, 4) is 0 Å². The van der Waals surface area contributed by atoms with Crippen LogP contribution in [0.15, 0.2) is 30.5 Å². The summed E-state index contributed by atoms with van der Waals surface area (Å²) in [5, 5.41) is 2.01. The van der Waals surface area contributed by atoms with Crippen molar-refractivity contribution in [2.24, 2.45) is 0 Å². The van der Waals surface area contributed by atoms with Gasteiger partial charge in [0.2, 0.25) is 0 Å². The van der Waals surface area contributed by atoms with Crippen LogP contribution in [-0.2, 0) is 12.6 Å². The van der Waals surface area contributed by atoms with E-state index >= 15 is 0 Å². The predicted octanol–water partition coefficient (Wildman–Crippen LogP) is 3.80. The first-order valence-electron chi connectivity index (χ1n) is 5.85. The van der Waals surface area contributed by atoms with E-state index < -0.39 is 17.2 Å². The summed E-state index contributed by atoms with van der Waals surface area (Å²) in [5.41, 5.74) is 0.453. The SMILES string of the molecule is CNC(Cc1ccccc1F)c1cnc(C(F)(F)F)s1. The second-order valence-electron chi connectivity index (χ2n) is 4.20. The molecular formula is C13H12F4N2S. The first-order chi connectivity index (χ1) is 9.41. The van der Waals surface area contributed by atoms with Gasteiger partial charge in [-0.2, -0.15) is 13.2 Å². The van der Waals surface area contributed by atoms with E-state index in [-0.39, 0.29) is 12.2 Å². The number of hydrogen-bond donors (Lipinski definition) is 1. The maximum Gasteiger partial charge on any atom is 0.443 e. The molecule has 0 radical (unpaired) electrons. The van der Waals surface area contributed by atoms with E-state index in [1.54, 1.807) is 25.2 Å². The third-order valence-electron chi connectivity index (χ3n) is 2.84. The molecule has 7 heteroatoms. The summed E-state index contributed by atoms with van der Waals surface area (Å²) in [6, 6.07) is 5.81. The topological polar surface area (TPSA) is 24.9 Å². The fourth-order valence-corrected chi connectivity index (χ4v) is 2.70. The molecule has 0 fully saturated rings. The smallest absolute Gasteiger partial charge is 0.312 e. The third kappa shape index (κ3) is 3.34. The minimum atomic E-state index is -4.45. The van der Waals surface area contributed by atoms with Crippen molar-refractivity contribution in [3.63, 3.8) is 0 Å². The molecule has 0 saturated heterocycles. The van der Waals surface area contributed by atoms with Crippen LogP contribution in [0.4, 0.5) is 17.6 Å². The van der Waals surface area contributed by atoms with Crippen molar-refractivity contribution < 1.29 is 17.6 Å². The van der Waals surface area contributed by atoms with Crippen LogP contribution < -0.4 is 5.32 Å². The van der Waals surface area contributed by atoms with E-state index in [1.807, 2.05) is 0 Å². The average molecular weight is 304 g/mol. The number of benzene rings is 1. The van der Waals surface area contributed by atoms with Crippen LogP contribution in [0.3, 0.4) is 0 Å². The molecule has 0 amide bonds. The standard InChI is InChI=1S/C13H12F4N2S/c1-18-10(6-8-4-2-3-5-9(8)14)11-7-19-12(20-11)13(15,16)17/h2-5,7,10,18H,6H2,1H3. The molecule has 0 saturated carbocycles. The Morgan fingerprint density at radius 2 is 2.00 bits per heavy atom. The van der Waals surface area contributed by atoms with Gasteiger partial charge in [0.05, 0.1) is 0 Å². The Morgan fingerprint density at radius 3 is 2.55 bits per heavy atom. The van der Waals surface area contributed by atoms with Crippen molar-refractivity contribution in [1.82, 2.24) is 10.3 Å². The molecule has 1 atom stereocenters. The van der Waals surface area contributed by atoms with Crippen molar-refractivity contribution in [2.45, 2.75) is 18.6 Å². The van der Waals surface area contributed by atoms with Gasteiger partial charge in [-0.15, -0.1) is 11.3 Å². The maximum atomic E-state index is 13.6. The van der Waals surface area contributed by atoms with Gasteiger partial charge in [0.25, 0.3) is 0 Å². The van der Waals surface area contributed by atoms with Crippen LogP contribution in [0.1, 0.15) is 21.5 Å². The molecule has 0 aliphatic rings. The van der Waals surface area contributed by atoms with Gasteiger partial charge in [-0.3, -0.25) is 0 Å². The fraction of sp³-hybridized carbons (Fsp3) is 0.308. The van der Waals surface area contributed by atoms with E-state index in [4.69, 9.17) is 0 Å². The monoisotopic (exact) mass is 304 g/mol. The number of hydrogen-bond acceptors (Lipinski definition) is 3. The molecule has 1 aromatic heterocycles. The summed E-state index contributed by atoms with van der Waals surface area (Å²) < 4.78 is 51.2. The Kier molecular flexibility index (Phi) is 4.39. The van der Waals surface area contributed by atoms with Gasteiger partial charge in [0.15, 0.2) is 5.01 Å². The van der Waals surface area contributed by atoms with Crippen LogP contribution in [0.25, 0.3) is 0 Å². The van der Waals surface area contributed by atoms with Crippen molar-refractivity contribution in [3.05, 3.63) is 51.7 Å². The summed E-state index contributed by atoms with van der Waals surface area (Å²) >= 11 is 0.577. The normalized spacial score (nSPS) is 13.4. The number of alkyl halides is 3. The van der Waals surface area contributed by atoms with Crippen LogP contribution >= 0.6 is 11.3 Å². The molecule has 1 unspecified atom stereocenters. The van der Waals surface area contributed by atoms with Crippen molar-refractivity contribution in [2.75, 3.05) is 7.05 Å². The Balaban J connectivity index is 2.21. The number of likely N-dealkylation sites (N-methyl/N-ethyl adjacent to an activating group) is 1. The summed E-state index contributed by atoms with van der Waals surface area (Å²) in [6.45, 7) is 0. The lowest BCUT2D eigenvalue weighted by Gasteiger charge is -2.14. The first kappa shape index (κ1) is 14.9. The molecule has 108 valence electrons. The zero-order valence-corrected chi connectivity index (χ0v) is 11.4. The van der Waals surface area contributed by atoms with Gasteiger partial charge in [-0.1, -0.05) is 18.2 Å². The van der Waals surface area contributed by atoms with Crippen molar-refractivity contribution in [1.29, 1.82) is 0 Å². The Morgan fingerprint density at radius 1 is 1.30 bits per heavy atom. The third-order valence-corrected chi connectivity index (χ3v) is 4.00. The molecule has 2 nitrogen and oxygen atoms in total. The van der Waals surface area contributed by atoms with Gasteiger partial charge in [0, 0.05) is 17.1 Å². The van der Waals surface area contributed by atoms with E-state index in [0.29, 0.717) is 21.8 Å². The van der Waals surface area contributed by atoms with Gasteiger partial charge in [0.1, 0.15) is 5.82 Å². The summed E-state index contributed by atoms with van der Waals surface area (Å²) in [6.07, 6.45) is -2.99. The lowest BCUT2D eigenvalue weighted by molar-refractivity contribution is -0.137. The Labute approximate surface area is 117 Å². The highest BCUT2D eigenvalue weighted by molar-refractivity contribution is 7.11. The number of thiazole rings is 1. The number of aromatic nitrogens is 1. The lowest BCUT2D eigenvalue weighted by Crippen LogP contribution is -2.18. The highest BCUT2D eigenvalue weighted by Gasteiger charge is 2.35. The van der Waals surface area contributed by atoms with E-state index in [1.165, 1.54) is 12.3 Å². The second-order valence-corrected chi connectivity index (χ2v) is 5.26. The number of rotatable bonds is 4. The molecule has 2 rings (SSSR count). The summed E-state index contributed by atoms with van der Waals surface area (Å²) in [4.78, 5) is 3.81. The molecule has 0 spiro atoms. The number of nitrogens with one attached hydrogen (secondary N) is 1. The maximum absolute atomic E-state index is 13.6. The molecule has 1 N–H and O–H groups in total. The molecule has 0 aliphatic heterocycles. The fourth-order valence-electron chi connectivity index (χ4n) is 1.81. The minimum Gasteiger partial charge on any atom is -0.312 e. The summed E-state index contributed by atoms with van der Waals surface area (Å²) in [7, 11) is 1.62. The largest absolute Gasteiger partial charge is 0.443 e. The first-order valence-corrected chi connectivity index (χ1v) is 6.67. The zero-order valence-electron chi connectivity index (χ0n) is 10.5. The molecule has 0 bridgehead atoms. The Bertz CT molecular complexity index is 580. The van der Waals surface area contributed by atoms with Crippen LogP contribution in [0, 0.1) is 5.82 Å². The molecule has 20 heavy (non-hydrogen) atoms. The molecule has 2 aromatic rings. The number of halogens is 4. The second kappa shape index (κ2) is 5.88. The molecular weight excluding hydrogens is 292 g/mol. The van der Waals surface area contributed by atoms with Gasteiger partial charge >= 0.3 is 6.18 Å².